The standard InChI is InChI=1S/C17H27N3O2/c1-12-10-18-13(2)15(19-12)9-14-7-6-8-20(11-14)16(21)22-17(3,4)5/h10,14H,6-9,11H2,1-5H3. The van der Waals surface area contributed by atoms with Crippen LogP contribution in [0, 0.1) is 19.8 Å². The van der Waals surface area contributed by atoms with Crippen LogP contribution < -0.4 is 0 Å². The van der Waals surface area contributed by atoms with Crippen molar-refractivity contribution in [3.8, 4) is 0 Å². The van der Waals surface area contributed by atoms with Gasteiger partial charge in [-0.05, 0) is 59.8 Å². The minimum atomic E-state index is -0.442. The third-order valence-electron chi connectivity index (χ3n) is 3.83. The lowest BCUT2D eigenvalue weighted by molar-refractivity contribution is 0.0165. The monoisotopic (exact) mass is 305 g/mol. The van der Waals surface area contributed by atoms with Gasteiger partial charge in [0, 0.05) is 19.3 Å². The van der Waals surface area contributed by atoms with Gasteiger partial charge in [-0.2, -0.15) is 0 Å². The molecule has 2 heterocycles. The van der Waals surface area contributed by atoms with Crippen LogP contribution in [0.3, 0.4) is 0 Å². The van der Waals surface area contributed by atoms with Crippen LogP contribution in [-0.2, 0) is 11.2 Å². The highest BCUT2D eigenvalue weighted by atomic mass is 16.6. The summed E-state index contributed by atoms with van der Waals surface area (Å²) in [5.41, 5.74) is 2.54. The molecule has 0 bridgehead atoms. The highest BCUT2D eigenvalue weighted by Gasteiger charge is 2.28. The molecule has 0 spiro atoms. The molecule has 1 saturated heterocycles. The van der Waals surface area contributed by atoms with Crippen molar-refractivity contribution < 1.29 is 9.53 Å². The quantitative estimate of drug-likeness (QED) is 0.841. The molecule has 0 aliphatic carbocycles. The van der Waals surface area contributed by atoms with Gasteiger partial charge >= 0.3 is 6.09 Å². The average Bonchev–Trinajstić information content (AvgIpc) is 2.41. The number of carbonyl (C=O) groups excluding carboxylic acids is 1. The van der Waals surface area contributed by atoms with E-state index in [1.165, 1.54) is 0 Å². The SMILES string of the molecule is Cc1cnc(C)c(CC2CCCN(C(=O)OC(C)(C)C)C2)n1. The lowest BCUT2D eigenvalue weighted by atomic mass is 9.93. The molecule has 1 amide bonds. The average molecular weight is 305 g/mol. The van der Waals surface area contributed by atoms with E-state index >= 15 is 0 Å². The molecule has 1 aliphatic heterocycles. The molecule has 122 valence electrons. The molecule has 5 nitrogen and oxygen atoms in total. The summed E-state index contributed by atoms with van der Waals surface area (Å²) < 4.78 is 5.48. The Hall–Kier alpha value is -1.65. The van der Waals surface area contributed by atoms with Crippen LogP contribution in [0.2, 0.25) is 0 Å². The Balaban J connectivity index is 1.98. The van der Waals surface area contributed by atoms with Crippen molar-refractivity contribution in [1.82, 2.24) is 14.9 Å². The Morgan fingerprint density at radius 3 is 2.82 bits per heavy atom. The van der Waals surface area contributed by atoms with E-state index < -0.39 is 5.60 Å². The Morgan fingerprint density at radius 1 is 1.41 bits per heavy atom. The molecule has 22 heavy (non-hydrogen) atoms. The molecule has 1 atom stereocenters. The number of likely N-dealkylation sites (tertiary alicyclic amines) is 1. The van der Waals surface area contributed by atoms with E-state index in [2.05, 4.69) is 9.97 Å². The van der Waals surface area contributed by atoms with Gasteiger partial charge in [0.05, 0.1) is 17.1 Å². The van der Waals surface area contributed by atoms with Gasteiger partial charge in [0.2, 0.25) is 0 Å². The fourth-order valence-electron chi connectivity index (χ4n) is 2.78. The van der Waals surface area contributed by atoms with Crippen molar-refractivity contribution in [2.24, 2.45) is 5.92 Å². The van der Waals surface area contributed by atoms with Crippen LogP contribution in [0.1, 0.15) is 50.7 Å². The number of piperidine rings is 1. The van der Waals surface area contributed by atoms with Crippen molar-refractivity contribution in [3.05, 3.63) is 23.3 Å². The number of rotatable bonds is 2. The number of amides is 1. The van der Waals surface area contributed by atoms with Crippen molar-refractivity contribution in [3.63, 3.8) is 0 Å². The molecule has 1 fully saturated rings. The molecular weight excluding hydrogens is 278 g/mol. The Bertz CT molecular complexity index is 537. The van der Waals surface area contributed by atoms with Crippen LogP contribution in [0.15, 0.2) is 6.20 Å². The van der Waals surface area contributed by atoms with Crippen molar-refractivity contribution in [1.29, 1.82) is 0 Å². The first-order valence-corrected chi connectivity index (χ1v) is 8.01. The third kappa shape index (κ3) is 4.68. The molecule has 1 aliphatic rings. The number of ether oxygens (including phenoxy) is 1. The van der Waals surface area contributed by atoms with Gasteiger partial charge in [0.25, 0.3) is 0 Å². The number of carbonyl (C=O) groups is 1. The molecule has 1 aromatic heterocycles. The zero-order valence-electron chi connectivity index (χ0n) is 14.3. The summed E-state index contributed by atoms with van der Waals surface area (Å²) in [4.78, 5) is 23.0. The minimum absolute atomic E-state index is 0.204. The van der Waals surface area contributed by atoms with Crippen molar-refractivity contribution in [2.45, 2.75) is 59.5 Å². The second kappa shape index (κ2) is 6.63. The first-order valence-electron chi connectivity index (χ1n) is 8.01. The fourth-order valence-corrected chi connectivity index (χ4v) is 2.78. The number of nitrogens with zero attached hydrogens (tertiary/aromatic N) is 3. The summed E-state index contributed by atoms with van der Waals surface area (Å²) in [7, 11) is 0. The molecule has 1 unspecified atom stereocenters. The zero-order chi connectivity index (χ0) is 16.3. The molecule has 2 rings (SSSR count). The van der Waals surface area contributed by atoms with Gasteiger partial charge in [-0.3, -0.25) is 9.97 Å². The second-order valence-corrected chi connectivity index (χ2v) is 7.18. The van der Waals surface area contributed by atoms with E-state index in [4.69, 9.17) is 4.74 Å². The lowest BCUT2D eigenvalue weighted by Gasteiger charge is -2.34. The summed E-state index contributed by atoms with van der Waals surface area (Å²) >= 11 is 0. The smallest absolute Gasteiger partial charge is 0.410 e. The maximum absolute atomic E-state index is 12.2. The van der Waals surface area contributed by atoms with Crippen LogP contribution in [-0.4, -0.2) is 39.7 Å². The summed E-state index contributed by atoms with van der Waals surface area (Å²) in [5.74, 6) is 0.427. The molecule has 0 radical (unpaired) electrons. The van der Waals surface area contributed by atoms with E-state index in [-0.39, 0.29) is 6.09 Å². The Kier molecular flexibility index (Phi) is 5.04. The maximum atomic E-state index is 12.2. The van der Waals surface area contributed by atoms with E-state index in [9.17, 15) is 4.79 Å². The van der Waals surface area contributed by atoms with Crippen molar-refractivity contribution in [2.75, 3.05) is 13.1 Å². The van der Waals surface area contributed by atoms with Crippen LogP contribution >= 0.6 is 0 Å². The number of hydrogen-bond acceptors (Lipinski definition) is 4. The maximum Gasteiger partial charge on any atom is 0.410 e. The zero-order valence-corrected chi connectivity index (χ0v) is 14.3. The topological polar surface area (TPSA) is 55.3 Å². The summed E-state index contributed by atoms with van der Waals surface area (Å²) in [6, 6.07) is 0. The lowest BCUT2D eigenvalue weighted by Crippen LogP contribution is -2.43. The third-order valence-corrected chi connectivity index (χ3v) is 3.83. The van der Waals surface area contributed by atoms with Gasteiger partial charge < -0.3 is 9.64 Å². The molecule has 0 N–H and O–H groups in total. The van der Waals surface area contributed by atoms with Crippen LogP contribution in [0.25, 0.3) is 0 Å². The summed E-state index contributed by atoms with van der Waals surface area (Å²) in [6.07, 6.45) is 4.60. The van der Waals surface area contributed by atoms with Crippen LogP contribution in [0.5, 0.6) is 0 Å². The minimum Gasteiger partial charge on any atom is -0.444 e. The van der Waals surface area contributed by atoms with E-state index in [0.29, 0.717) is 5.92 Å². The molecule has 0 saturated carbocycles. The van der Waals surface area contributed by atoms with E-state index in [1.807, 2.05) is 39.5 Å². The number of hydrogen-bond donors (Lipinski definition) is 0. The van der Waals surface area contributed by atoms with Crippen LogP contribution in [0.4, 0.5) is 4.79 Å². The Morgan fingerprint density at radius 2 is 2.14 bits per heavy atom. The number of aromatic nitrogens is 2. The highest BCUT2D eigenvalue weighted by molar-refractivity contribution is 5.68. The molecular formula is C17H27N3O2. The first-order chi connectivity index (χ1) is 10.2. The van der Waals surface area contributed by atoms with E-state index in [1.54, 1.807) is 6.20 Å². The highest BCUT2D eigenvalue weighted by Crippen LogP contribution is 2.22. The summed E-state index contributed by atoms with van der Waals surface area (Å²) in [6.45, 7) is 11.2. The molecule has 5 heteroatoms. The predicted molar refractivity (Wildman–Crippen MR) is 85.7 cm³/mol. The van der Waals surface area contributed by atoms with E-state index in [0.717, 1.165) is 49.4 Å². The van der Waals surface area contributed by atoms with Gasteiger partial charge in [0.1, 0.15) is 5.60 Å². The van der Waals surface area contributed by atoms with Gasteiger partial charge in [0.15, 0.2) is 0 Å². The normalized spacial score (nSPS) is 19.1. The van der Waals surface area contributed by atoms with Crippen molar-refractivity contribution >= 4 is 6.09 Å². The Labute approximate surface area is 133 Å². The number of aryl methyl sites for hydroxylation is 2. The first kappa shape index (κ1) is 16.7. The van der Waals surface area contributed by atoms with Gasteiger partial charge in [-0.1, -0.05) is 0 Å². The molecule has 1 aromatic rings. The fraction of sp³-hybridized carbons (Fsp3) is 0.706. The summed E-state index contributed by atoms with van der Waals surface area (Å²) in [5, 5.41) is 0. The second-order valence-electron chi connectivity index (χ2n) is 7.18. The van der Waals surface area contributed by atoms with Gasteiger partial charge in [-0.15, -0.1) is 0 Å². The molecule has 0 aromatic carbocycles. The largest absolute Gasteiger partial charge is 0.444 e. The van der Waals surface area contributed by atoms with Gasteiger partial charge in [-0.25, -0.2) is 4.79 Å². The predicted octanol–water partition coefficient (Wildman–Crippen LogP) is 3.28.